The molecule has 0 atom stereocenters. The van der Waals surface area contributed by atoms with E-state index in [1.165, 1.54) is 0 Å². The van der Waals surface area contributed by atoms with Gasteiger partial charge in [-0.3, -0.25) is 10.1 Å². The Morgan fingerprint density at radius 1 is 1.24 bits per heavy atom. The molecular weight excluding hydrogens is 272 g/mol. The van der Waals surface area contributed by atoms with Gasteiger partial charge in [0.15, 0.2) is 0 Å². The molecule has 0 saturated heterocycles. The minimum atomic E-state index is -0.560. The first-order valence-electron chi connectivity index (χ1n) is 6.38. The minimum Gasteiger partial charge on any atom is -0.433 e. The van der Waals surface area contributed by atoms with Gasteiger partial charge in [0.1, 0.15) is 11.9 Å². The van der Waals surface area contributed by atoms with E-state index in [-0.39, 0.29) is 17.5 Å². The Morgan fingerprint density at radius 2 is 1.90 bits per heavy atom. The summed E-state index contributed by atoms with van der Waals surface area (Å²) in [5.74, 6) is 0.772. The van der Waals surface area contributed by atoms with Gasteiger partial charge < -0.3 is 10.1 Å². The van der Waals surface area contributed by atoms with Gasteiger partial charge in [0, 0.05) is 7.05 Å². The number of rotatable bonds is 4. The summed E-state index contributed by atoms with van der Waals surface area (Å²) in [6.45, 7) is 5.74. The quantitative estimate of drug-likeness (QED) is 0.686. The number of nitrogens with zero attached hydrogens (tertiary/aromatic N) is 3. The van der Waals surface area contributed by atoms with Crippen LogP contribution in [0.3, 0.4) is 0 Å². The normalized spacial score (nSPS) is 10.3. The van der Waals surface area contributed by atoms with Crippen LogP contribution in [0.1, 0.15) is 16.7 Å². The lowest BCUT2D eigenvalue weighted by Gasteiger charge is -2.13. The summed E-state index contributed by atoms with van der Waals surface area (Å²) in [6.07, 6.45) is 1.13. The second-order valence-electron chi connectivity index (χ2n) is 4.65. The van der Waals surface area contributed by atoms with E-state index in [4.69, 9.17) is 4.74 Å². The first-order chi connectivity index (χ1) is 9.93. The predicted molar refractivity (Wildman–Crippen MR) is 79.0 cm³/mol. The molecular formula is C14H16N4O3. The molecule has 0 aliphatic rings. The number of anilines is 1. The third kappa shape index (κ3) is 2.91. The Labute approximate surface area is 122 Å². The molecule has 7 heteroatoms. The van der Waals surface area contributed by atoms with Crippen molar-refractivity contribution in [2.45, 2.75) is 20.8 Å². The number of ether oxygens (including phenoxy) is 1. The van der Waals surface area contributed by atoms with Crippen LogP contribution in [0.4, 0.5) is 11.6 Å². The molecule has 0 saturated carbocycles. The summed E-state index contributed by atoms with van der Waals surface area (Å²) in [5.41, 5.74) is 2.58. The van der Waals surface area contributed by atoms with E-state index in [9.17, 15) is 10.1 Å². The van der Waals surface area contributed by atoms with Crippen LogP contribution in [0.5, 0.6) is 11.6 Å². The predicted octanol–water partition coefficient (Wildman–Crippen LogP) is 3.14. The fourth-order valence-corrected chi connectivity index (χ4v) is 1.86. The van der Waals surface area contributed by atoms with Gasteiger partial charge in [-0.1, -0.05) is 12.1 Å². The molecule has 110 valence electrons. The molecule has 1 heterocycles. The topological polar surface area (TPSA) is 90.2 Å². The maximum absolute atomic E-state index is 11.1. The van der Waals surface area contributed by atoms with Crippen LogP contribution in [0.2, 0.25) is 0 Å². The Bertz CT molecular complexity index is 701. The third-order valence-electron chi connectivity index (χ3n) is 3.23. The number of hydrogen-bond acceptors (Lipinski definition) is 6. The van der Waals surface area contributed by atoms with Gasteiger partial charge in [-0.15, -0.1) is 0 Å². The van der Waals surface area contributed by atoms with Gasteiger partial charge in [-0.25, -0.2) is 4.98 Å². The fraction of sp³-hybridized carbons (Fsp3) is 0.286. The van der Waals surface area contributed by atoms with Gasteiger partial charge in [0.25, 0.3) is 0 Å². The highest BCUT2D eigenvalue weighted by Gasteiger charge is 2.21. The Kier molecular flexibility index (Phi) is 4.02. The van der Waals surface area contributed by atoms with Crippen molar-refractivity contribution in [3.63, 3.8) is 0 Å². The van der Waals surface area contributed by atoms with E-state index < -0.39 is 4.92 Å². The van der Waals surface area contributed by atoms with Crippen molar-refractivity contribution >= 4 is 11.6 Å². The summed E-state index contributed by atoms with van der Waals surface area (Å²) in [5, 5.41) is 13.8. The van der Waals surface area contributed by atoms with E-state index >= 15 is 0 Å². The summed E-state index contributed by atoms with van der Waals surface area (Å²) < 4.78 is 5.72. The molecule has 2 aromatic rings. The standard InChI is InChI=1S/C14H16N4O3/c1-8-5-6-9(2)12(10(8)3)21-13-11(18(19)20)7-16-14(15-4)17-13/h5-7H,1-4H3,(H,15,16,17). The Morgan fingerprint density at radius 3 is 2.52 bits per heavy atom. The van der Waals surface area contributed by atoms with Crippen LogP contribution in [-0.4, -0.2) is 21.9 Å². The monoisotopic (exact) mass is 288 g/mol. The van der Waals surface area contributed by atoms with E-state index in [1.807, 2.05) is 32.9 Å². The molecule has 0 bridgehead atoms. The molecule has 0 aliphatic carbocycles. The largest absolute Gasteiger partial charge is 0.433 e. The average molecular weight is 288 g/mol. The summed E-state index contributed by atoms with van der Waals surface area (Å²) in [6, 6.07) is 3.88. The van der Waals surface area contributed by atoms with Crippen LogP contribution < -0.4 is 10.1 Å². The lowest BCUT2D eigenvalue weighted by atomic mass is 10.1. The molecule has 0 fully saturated rings. The molecule has 0 spiro atoms. The van der Waals surface area contributed by atoms with Crippen molar-refractivity contribution in [1.82, 2.24) is 9.97 Å². The number of nitrogens with one attached hydrogen (secondary N) is 1. The first-order valence-corrected chi connectivity index (χ1v) is 6.38. The SMILES string of the molecule is CNc1ncc([N+](=O)[O-])c(Oc2c(C)ccc(C)c2C)n1. The molecule has 0 aliphatic heterocycles. The third-order valence-corrected chi connectivity index (χ3v) is 3.23. The summed E-state index contributed by atoms with van der Waals surface area (Å²) in [7, 11) is 1.63. The molecule has 0 amide bonds. The molecule has 21 heavy (non-hydrogen) atoms. The molecule has 1 aromatic carbocycles. The second-order valence-corrected chi connectivity index (χ2v) is 4.65. The molecule has 1 aromatic heterocycles. The van der Waals surface area contributed by atoms with E-state index in [1.54, 1.807) is 7.05 Å². The van der Waals surface area contributed by atoms with Gasteiger partial charge in [-0.05, 0) is 37.5 Å². The van der Waals surface area contributed by atoms with Gasteiger partial charge in [0.2, 0.25) is 5.95 Å². The lowest BCUT2D eigenvalue weighted by Crippen LogP contribution is -2.03. The number of aromatic nitrogens is 2. The molecule has 1 N–H and O–H groups in total. The number of benzene rings is 1. The maximum Gasteiger partial charge on any atom is 0.349 e. The maximum atomic E-state index is 11.1. The van der Waals surface area contributed by atoms with E-state index in [2.05, 4.69) is 15.3 Å². The van der Waals surface area contributed by atoms with Crippen molar-refractivity contribution in [2.75, 3.05) is 12.4 Å². The average Bonchev–Trinajstić information content (AvgIpc) is 2.47. The smallest absolute Gasteiger partial charge is 0.349 e. The zero-order valence-corrected chi connectivity index (χ0v) is 12.3. The van der Waals surface area contributed by atoms with Crippen molar-refractivity contribution in [3.8, 4) is 11.6 Å². The summed E-state index contributed by atoms with van der Waals surface area (Å²) in [4.78, 5) is 18.4. The van der Waals surface area contributed by atoms with Crippen LogP contribution in [-0.2, 0) is 0 Å². The highest BCUT2D eigenvalue weighted by atomic mass is 16.6. The second kappa shape index (κ2) is 5.74. The van der Waals surface area contributed by atoms with Crippen molar-refractivity contribution < 1.29 is 9.66 Å². The zero-order valence-electron chi connectivity index (χ0n) is 12.3. The number of nitro groups is 1. The van der Waals surface area contributed by atoms with Gasteiger partial charge >= 0.3 is 11.6 Å². The number of hydrogen-bond donors (Lipinski definition) is 1. The van der Waals surface area contributed by atoms with E-state index in [0.29, 0.717) is 5.75 Å². The van der Waals surface area contributed by atoms with Crippen molar-refractivity contribution in [2.24, 2.45) is 0 Å². The minimum absolute atomic E-state index is 0.0730. The molecule has 2 rings (SSSR count). The molecule has 0 radical (unpaired) electrons. The lowest BCUT2D eigenvalue weighted by molar-refractivity contribution is -0.386. The Balaban J connectivity index is 2.53. The van der Waals surface area contributed by atoms with Crippen LogP contribution in [0.25, 0.3) is 0 Å². The molecule has 7 nitrogen and oxygen atoms in total. The van der Waals surface area contributed by atoms with E-state index in [0.717, 1.165) is 22.9 Å². The van der Waals surface area contributed by atoms with Crippen LogP contribution in [0.15, 0.2) is 18.3 Å². The first kappa shape index (κ1) is 14.7. The van der Waals surface area contributed by atoms with Crippen LogP contribution in [0, 0.1) is 30.9 Å². The number of aryl methyl sites for hydroxylation is 2. The zero-order chi connectivity index (χ0) is 15.6. The van der Waals surface area contributed by atoms with Crippen LogP contribution >= 0.6 is 0 Å². The highest BCUT2D eigenvalue weighted by molar-refractivity contribution is 5.50. The van der Waals surface area contributed by atoms with Crippen molar-refractivity contribution in [3.05, 3.63) is 45.1 Å². The van der Waals surface area contributed by atoms with Gasteiger partial charge in [-0.2, -0.15) is 4.98 Å². The van der Waals surface area contributed by atoms with Gasteiger partial charge in [0.05, 0.1) is 4.92 Å². The summed E-state index contributed by atoms with van der Waals surface area (Å²) >= 11 is 0. The Hall–Kier alpha value is -2.70. The van der Waals surface area contributed by atoms with Crippen molar-refractivity contribution in [1.29, 1.82) is 0 Å². The molecule has 0 unspecified atom stereocenters. The highest BCUT2D eigenvalue weighted by Crippen LogP contribution is 2.34. The fourth-order valence-electron chi connectivity index (χ4n) is 1.86.